The maximum Gasteiger partial charge on any atom is 0.325 e. The van der Waals surface area contributed by atoms with Gasteiger partial charge in [0.15, 0.2) is 0 Å². The molecule has 1 saturated carbocycles. The lowest BCUT2D eigenvalue weighted by Gasteiger charge is -2.24. The minimum Gasteiger partial charge on any atom is -0.491 e. The maximum atomic E-state index is 14.2. The quantitative estimate of drug-likeness (QED) is 0.511. The number of halogens is 1. The molecule has 2 aliphatic rings. The van der Waals surface area contributed by atoms with Gasteiger partial charge in [-0.2, -0.15) is 0 Å². The smallest absolute Gasteiger partial charge is 0.325 e. The summed E-state index contributed by atoms with van der Waals surface area (Å²) >= 11 is 0. The Labute approximate surface area is 198 Å². The second-order valence-electron chi connectivity index (χ2n) is 7.99. The fourth-order valence-corrected chi connectivity index (χ4v) is 3.79. The van der Waals surface area contributed by atoms with E-state index in [1.54, 1.807) is 37.3 Å². The highest BCUT2D eigenvalue weighted by Crippen LogP contribution is 2.38. The Morgan fingerprint density at radius 2 is 1.88 bits per heavy atom. The van der Waals surface area contributed by atoms with E-state index >= 15 is 0 Å². The van der Waals surface area contributed by atoms with Crippen LogP contribution in [0.3, 0.4) is 0 Å². The van der Waals surface area contributed by atoms with Gasteiger partial charge in [-0.25, -0.2) is 14.1 Å². The van der Waals surface area contributed by atoms with Gasteiger partial charge < -0.3 is 20.5 Å². The van der Waals surface area contributed by atoms with Crippen LogP contribution in [-0.4, -0.2) is 47.1 Å². The fraction of sp³-hybridized carbons (Fsp3) is 0.400. The van der Waals surface area contributed by atoms with E-state index in [0.717, 1.165) is 4.90 Å². The number of rotatable bonds is 8. The summed E-state index contributed by atoms with van der Waals surface area (Å²) in [7, 11) is 0. The Kier molecular flexibility index (Phi) is 8.22. The number of imide groups is 1. The van der Waals surface area contributed by atoms with Gasteiger partial charge in [0.2, 0.25) is 5.91 Å². The summed E-state index contributed by atoms with van der Waals surface area (Å²) in [4.78, 5) is 39.8. The van der Waals surface area contributed by atoms with Crippen LogP contribution < -0.4 is 15.4 Å². The van der Waals surface area contributed by atoms with Crippen LogP contribution >= 0.6 is 0 Å². The molecule has 9 heteroatoms. The average Bonchev–Trinajstić information content (AvgIpc) is 3.63. The molecule has 0 spiro atoms. The monoisotopic (exact) mass is 471 g/mol. The number of nitrogens with zero attached hydrogens (tertiary/aromatic N) is 1. The number of aryl methyl sites for hydroxylation is 1. The number of carbonyl (C=O) groups is 3. The van der Waals surface area contributed by atoms with E-state index in [4.69, 9.17) is 9.84 Å². The Bertz CT molecular complexity index is 1040. The topological polar surface area (TPSA) is 108 Å². The molecule has 1 aliphatic heterocycles. The first kappa shape index (κ1) is 25.2. The van der Waals surface area contributed by atoms with E-state index in [0.29, 0.717) is 29.7 Å². The maximum absolute atomic E-state index is 14.2. The largest absolute Gasteiger partial charge is 0.491 e. The SMILES string of the molecule is CC.Cc1ccc(NC(=O)C(C2CC2)N2C(=O)N[C@H](c3ccc(OCCO)cc3)C2=O)c(F)c1. The molecule has 3 N–H and O–H groups in total. The zero-order chi connectivity index (χ0) is 24.8. The minimum absolute atomic E-state index is 0.00771. The van der Waals surface area contributed by atoms with Crippen molar-refractivity contribution in [1.29, 1.82) is 0 Å². The molecule has 2 fully saturated rings. The van der Waals surface area contributed by atoms with Gasteiger partial charge in [-0.15, -0.1) is 0 Å². The minimum atomic E-state index is -1.01. The van der Waals surface area contributed by atoms with Crippen LogP contribution in [0.25, 0.3) is 0 Å². The Morgan fingerprint density at radius 1 is 1.21 bits per heavy atom. The summed E-state index contributed by atoms with van der Waals surface area (Å²) in [6.07, 6.45) is 1.40. The summed E-state index contributed by atoms with van der Waals surface area (Å²) in [6, 6.07) is 8.40. The highest BCUT2D eigenvalue weighted by atomic mass is 19.1. The highest BCUT2D eigenvalue weighted by molar-refractivity contribution is 6.09. The number of nitrogens with one attached hydrogen (secondary N) is 2. The zero-order valence-electron chi connectivity index (χ0n) is 19.5. The molecule has 1 saturated heterocycles. The van der Waals surface area contributed by atoms with Gasteiger partial charge in [-0.1, -0.05) is 32.0 Å². The molecule has 0 radical (unpaired) electrons. The van der Waals surface area contributed by atoms with E-state index in [9.17, 15) is 18.8 Å². The second-order valence-corrected chi connectivity index (χ2v) is 7.99. The molecule has 2 aromatic carbocycles. The van der Waals surface area contributed by atoms with Gasteiger partial charge >= 0.3 is 6.03 Å². The van der Waals surface area contributed by atoms with Gasteiger partial charge in [0.1, 0.15) is 30.3 Å². The van der Waals surface area contributed by atoms with E-state index in [-0.39, 0.29) is 24.8 Å². The lowest BCUT2D eigenvalue weighted by Crippen LogP contribution is -2.49. The predicted octanol–water partition coefficient (Wildman–Crippen LogP) is 3.54. The molecule has 0 bridgehead atoms. The van der Waals surface area contributed by atoms with Crippen LogP contribution in [0.4, 0.5) is 14.9 Å². The molecule has 4 rings (SSSR count). The van der Waals surface area contributed by atoms with Crippen LogP contribution in [0.15, 0.2) is 42.5 Å². The predicted molar refractivity (Wildman–Crippen MR) is 125 cm³/mol. The number of amides is 4. The van der Waals surface area contributed by atoms with E-state index in [1.807, 2.05) is 13.8 Å². The Balaban J connectivity index is 0.00000158. The van der Waals surface area contributed by atoms with E-state index in [1.165, 1.54) is 12.1 Å². The third-order valence-electron chi connectivity index (χ3n) is 5.54. The van der Waals surface area contributed by atoms with Gasteiger partial charge in [0, 0.05) is 0 Å². The van der Waals surface area contributed by atoms with Crippen LogP contribution in [0.5, 0.6) is 5.75 Å². The van der Waals surface area contributed by atoms with Crippen LogP contribution in [-0.2, 0) is 9.59 Å². The number of aliphatic hydroxyl groups excluding tert-OH is 1. The molecular formula is C25H30FN3O5. The average molecular weight is 472 g/mol. The summed E-state index contributed by atoms with van der Waals surface area (Å²) in [5.41, 5.74) is 1.26. The van der Waals surface area contributed by atoms with Gasteiger partial charge in [-0.3, -0.25) is 9.59 Å². The number of urea groups is 1. The third-order valence-corrected chi connectivity index (χ3v) is 5.54. The van der Waals surface area contributed by atoms with E-state index in [2.05, 4.69) is 10.6 Å². The molecule has 182 valence electrons. The first-order chi connectivity index (χ1) is 16.4. The lowest BCUT2D eigenvalue weighted by atomic mass is 10.1. The normalized spacial score (nSPS) is 18.0. The number of benzene rings is 2. The van der Waals surface area contributed by atoms with Crippen LogP contribution in [0.1, 0.15) is 43.9 Å². The molecule has 8 nitrogen and oxygen atoms in total. The third kappa shape index (κ3) is 5.53. The van der Waals surface area contributed by atoms with Crippen molar-refractivity contribution in [3.05, 3.63) is 59.4 Å². The number of hydrogen-bond acceptors (Lipinski definition) is 5. The number of carbonyl (C=O) groups excluding carboxylic acids is 3. The van der Waals surface area contributed by atoms with Gasteiger partial charge in [0.05, 0.1) is 12.3 Å². The first-order valence-electron chi connectivity index (χ1n) is 11.4. The van der Waals surface area contributed by atoms with E-state index < -0.39 is 35.7 Å². The van der Waals surface area contributed by atoms with Crippen LogP contribution in [0, 0.1) is 18.7 Å². The fourth-order valence-electron chi connectivity index (χ4n) is 3.79. The molecule has 1 aliphatic carbocycles. The van der Waals surface area contributed by atoms with Crippen molar-refractivity contribution in [2.75, 3.05) is 18.5 Å². The van der Waals surface area contributed by atoms with Crippen molar-refractivity contribution in [1.82, 2.24) is 10.2 Å². The molecule has 1 unspecified atom stereocenters. The van der Waals surface area contributed by atoms with Crippen molar-refractivity contribution in [3.8, 4) is 5.75 Å². The molecule has 2 aromatic rings. The Morgan fingerprint density at radius 3 is 2.47 bits per heavy atom. The zero-order valence-corrected chi connectivity index (χ0v) is 19.5. The van der Waals surface area contributed by atoms with Crippen molar-refractivity contribution in [3.63, 3.8) is 0 Å². The van der Waals surface area contributed by atoms with Crippen molar-refractivity contribution >= 4 is 23.5 Å². The summed E-state index contributed by atoms with van der Waals surface area (Å²) in [5.74, 6) is -1.34. The second kappa shape index (κ2) is 11.1. The van der Waals surface area contributed by atoms with Crippen molar-refractivity contribution in [2.45, 2.75) is 45.7 Å². The van der Waals surface area contributed by atoms with Crippen molar-refractivity contribution < 1.29 is 28.6 Å². The molecule has 0 aromatic heterocycles. The number of anilines is 1. The summed E-state index contributed by atoms with van der Waals surface area (Å²) in [6.45, 7) is 5.76. The number of hydrogen-bond donors (Lipinski definition) is 3. The lowest BCUT2D eigenvalue weighted by molar-refractivity contribution is -0.134. The molecule has 4 amide bonds. The molecule has 34 heavy (non-hydrogen) atoms. The number of aliphatic hydroxyl groups is 1. The highest BCUT2D eigenvalue weighted by Gasteiger charge is 2.50. The Hall–Kier alpha value is -3.46. The number of ether oxygens (including phenoxy) is 1. The summed E-state index contributed by atoms with van der Waals surface area (Å²) < 4.78 is 19.5. The first-order valence-corrected chi connectivity index (χ1v) is 11.4. The summed E-state index contributed by atoms with van der Waals surface area (Å²) in [5, 5.41) is 14.0. The standard InChI is InChI=1S/C23H24FN3O5.C2H6/c1-13-2-9-18(17(24)12-13)25-21(29)20(15-3-4-15)27-22(30)19(26-23(27)31)14-5-7-16(8-6-14)32-11-10-28;1-2/h2,5-9,12,15,19-20,28H,3-4,10-11H2,1H3,(H,25,29)(H,26,31);1-2H3/t19-,20?;/m1./s1. The van der Waals surface area contributed by atoms with Gasteiger partial charge in [-0.05, 0) is 61.1 Å². The van der Waals surface area contributed by atoms with Gasteiger partial charge in [0.25, 0.3) is 5.91 Å². The molecular weight excluding hydrogens is 441 g/mol. The van der Waals surface area contributed by atoms with Crippen LogP contribution in [0.2, 0.25) is 0 Å². The molecule has 1 heterocycles. The molecule has 2 atom stereocenters. The van der Waals surface area contributed by atoms with Crippen molar-refractivity contribution in [2.24, 2.45) is 5.92 Å².